The molecule has 102 valence electrons. The first kappa shape index (κ1) is 16.6. The molecule has 0 aliphatic carbocycles. The molecule has 0 aromatic carbocycles. The van der Waals surface area contributed by atoms with Gasteiger partial charge in [-0.3, -0.25) is 4.79 Å². The van der Waals surface area contributed by atoms with Crippen LogP contribution in [0, 0.1) is 0 Å². The van der Waals surface area contributed by atoms with Gasteiger partial charge in [0.1, 0.15) is 6.61 Å². The molecule has 5 nitrogen and oxygen atoms in total. The third kappa shape index (κ3) is 6.83. The van der Waals surface area contributed by atoms with Crippen molar-refractivity contribution in [2.24, 2.45) is 0 Å². The number of hydrogen-bond acceptors (Lipinski definition) is 4. The van der Waals surface area contributed by atoms with Crippen molar-refractivity contribution in [3.8, 4) is 0 Å². The van der Waals surface area contributed by atoms with Crippen molar-refractivity contribution in [3.63, 3.8) is 0 Å². The number of halogens is 1. The van der Waals surface area contributed by atoms with Crippen molar-refractivity contribution >= 4 is 18.3 Å². The van der Waals surface area contributed by atoms with E-state index in [1.54, 1.807) is 0 Å². The van der Waals surface area contributed by atoms with Crippen LogP contribution < -0.4 is 5.32 Å². The first-order valence-electron chi connectivity index (χ1n) is 5.90. The van der Waals surface area contributed by atoms with Crippen LogP contribution in [0.5, 0.6) is 0 Å². The van der Waals surface area contributed by atoms with Gasteiger partial charge in [0.25, 0.3) is 0 Å². The maximum absolute atomic E-state index is 11.7. The molecule has 1 heterocycles. The van der Waals surface area contributed by atoms with Crippen LogP contribution in [0.3, 0.4) is 0 Å². The highest BCUT2D eigenvalue weighted by Gasteiger charge is 2.19. The van der Waals surface area contributed by atoms with Crippen molar-refractivity contribution in [2.75, 3.05) is 46.1 Å². The zero-order valence-electron chi connectivity index (χ0n) is 10.6. The molecule has 0 aromatic rings. The topological polar surface area (TPSA) is 50.8 Å². The number of nitrogens with one attached hydrogen (secondary N) is 1. The number of rotatable bonds is 6. The first-order valence-corrected chi connectivity index (χ1v) is 5.90. The normalized spacial score (nSPS) is 19.9. The summed E-state index contributed by atoms with van der Waals surface area (Å²) >= 11 is 0. The summed E-state index contributed by atoms with van der Waals surface area (Å²) in [5.41, 5.74) is 0. The molecule has 6 heteroatoms. The molecule has 1 N–H and O–H groups in total. The molecule has 1 rings (SSSR count). The van der Waals surface area contributed by atoms with Crippen molar-refractivity contribution in [1.82, 2.24) is 10.2 Å². The predicted molar refractivity (Wildman–Crippen MR) is 68.6 cm³/mol. The van der Waals surface area contributed by atoms with Crippen LogP contribution in [0.15, 0.2) is 0 Å². The highest BCUT2D eigenvalue weighted by atomic mass is 35.5. The lowest BCUT2D eigenvalue weighted by molar-refractivity contribution is -0.137. The Bertz CT molecular complexity index is 217. The average Bonchev–Trinajstić information content (AvgIpc) is 2.28. The van der Waals surface area contributed by atoms with Gasteiger partial charge in [0, 0.05) is 32.3 Å². The van der Waals surface area contributed by atoms with E-state index in [2.05, 4.69) is 12.2 Å². The predicted octanol–water partition coefficient (Wildman–Crippen LogP) is 0.282. The molecular formula is C11H23ClN2O3. The van der Waals surface area contributed by atoms with Crippen molar-refractivity contribution in [3.05, 3.63) is 0 Å². The second-order valence-corrected chi connectivity index (χ2v) is 3.94. The van der Waals surface area contributed by atoms with Crippen LogP contribution in [-0.2, 0) is 14.3 Å². The van der Waals surface area contributed by atoms with Gasteiger partial charge in [-0.2, -0.15) is 0 Å². The van der Waals surface area contributed by atoms with E-state index in [1.807, 2.05) is 11.8 Å². The second kappa shape index (κ2) is 9.65. The van der Waals surface area contributed by atoms with E-state index in [1.165, 1.54) is 0 Å². The molecule has 1 atom stereocenters. The molecule has 0 saturated carbocycles. The van der Waals surface area contributed by atoms with Crippen LogP contribution in [-0.4, -0.2) is 62.9 Å². The summed E-state index contributed by atoms with van der Waals surface area (Å²) in [6.45, 7) is 8.33. The summed E-state index contributed by atoms with van der Waals surface area (Å²) in [5, 5.41) is 3.30. The highest BCUT2D eigenvalue weighted by molar-refractivity contribution is 5.85. The van der Waals surface area contributed by atoms with Gasteiger partial charge in [0.05, 0.1) is 13.2 Å². The van der Waals surface area contributed by atoms with Gasteiger partial charge >= 0.3 is 0 Å². The third-order valence-electron chi connectivity index (χ3n) is 2.52. The Balaban J connectivity index is 0.00000256. The van der Waals surface area contributed by atoms with E-state index < -0.39 is 0 Å². The Labute approximate surface area is 109 Å². The summed E-state index contributed by atoms with van der Waals surface area (Å²) in [4.78, 5) is 13.6. The fourth-order valence-corrected chi connectivity index (χ4v) is 1.67. The summed E-state index contributed by atoms with van der Waals surface area (Å²) in [6.07, 6.45) is 0. The van der Waals surface area contributed by atoms with Gasteiger partial charge in [-0.05, 0) is 13.8 Å². The molecule has 1 aliphatic heterocycles. The lowest BCUT2D eigenvalue weighted by Gasteiger charge is -2.31. The number of piperazine rings is 1. The number of nitrogens with zero attached hydrogens (tertiary/aromatic N) is 1. The van der Waals surface area contributed by atoms with Gasteiger partial charge in [0.15, 0.2) is 0 Å². The molecule has 0 aromatic heterocycles. The monoisotopic (exact) mass is 266 g/mol. The summed E-state index contributed by atoms with van der Waals surface area (Å²) in [6, 6.07) is 0.376. The number of ether oxygens (including phenoxy) is 2. The Morgan fingerprint density at radius 1 is 1.41 bits per heavy atom. The molecular weight excluding hydrogens is 244 g/mol. The number of carbonyl (C=O) groups excluding carboxylic acids is 1. The fourth-order valence-electron chi connectivity index (χ4n) is 1.67. The zero-order chi connectivity index (χ0) is 11.8. The summed E-state index contributed by atoms with van der Waals surface area (Å²) in [7, 11) is 0. The van der Waals surface area contributed by atoms with Crippen molar-refractivity contribution in [1.29, 1.82) is 0 Å². The third-order valence-corrected chi connectivity index (χ3v) is 2.52. The zero-order valence-corrected chi connectivity index (χ0v) is 11.4. The van der Waals surface area contributed by atoms with Crippen LogP contribution in [0.25, 0.3) is 0 Å². The Morgan fingerprint density at radius 2 is 2.12 bits per heavy atom. The molecule has 0 radical (unpaired) electrons. The Morgan fingerprint density at radius 3 is 2.76 bits per heavy atom. The number of carbonyl (C=O) groups is 1. The molecule has 0 bridgehead atoms. The van der Waals surface area contributed by atoms with Gasteiger partial charge in [-0.1, -0.05) is 0 Å². The lowest BCUT2D eigenvalue weighted by Crippen LogP contribution is -2.52. The second-order valence-electron chi connectivity index (χ2n) is 3.94. The molecule has 0 spiro atoms. The molecule has 1 fully saturated rings. The Kier molecular flexibility index (Phi) is 9.44. The standard InChI is InChI=1S/C11H22N2O3.ClH/c1-3-15-6-7-16-9-11(14)13-5-4-12-10(2)8-13;/h10,12H,3-9H2,1-2H3;1H. The van der Waals surface area contributed by atoms with E-state index in [9.17, 15) is 4.79 Å². The molecule has 1 unspecified atom stereocenters. The van der Waals surface area contributed by atoms with Gasteiger partial charge in [0.2, 0.25) is 5.91 Å². The van der Waals surface area contributed by atoms with Crippen LogP contribution in [0.4, 0.5) is 0 Å². The molecule has 17 heavy (non-hydrogen) atoms. The largest absolute Gasteiger partial charge is 0.379 e. The summed E-state index contributed by atoms with van der Waals surface area (Å²) in [5.74, 6) is 0.0739. The van der Waals surface area contributed by atoms with Gasteiger partial charge < -0.3 is 19.7 Å². The van der Waals surface area contributed by atoms with E-state index in [-0.39, 0.29) is 24.9 Å². The molecule has 1 saturated heterocycles. The van der Waals surface area contributed by atoms with Crippen LogP contribution >= 0.6 is 12.4 Å². The van der Waals surface area contributed by atoms with Crippen molar-refractivity contribution < 1.29 is 14.3 Å². The quantitative estimate of drug-likeness (QED) is 0.702. The van der Waals surface area contributed by atoms with E-state index >= 15 is 0 Å². The SMILES string of the molecule is CCOCCOCC(=O)N1CCNC(C)C1.Cl. The van der Waals surface area contributed by atoms with Gasteiger partial charge in [-0.15, -0.1) is 12.4 Å². The Hall–Kier alpha value is -0.360. The number of hydrogen-bond donors (Lipinski definition) is 1. The maximum atomic E-state index is 11.7. The highest BCUT2D eigenvalue weighted by Crippen LogP contribution is 1.99. The van der Waals surface area contributed by atoms with E-state index in [0.717, 1.165) is 19.6 Å². The molecule has 1 amide bonds. The number of amides is 1. The van der Waals surface area contributed by atoms with Gasteiger partial charge in [-0.25, -0.2) is 0 Å². The van der Waals surface area contributed by atoms with E-state index in [0.29, 0.717) is 25.9 Å². The van der Waals surface area contributed by atoms with Crippen LogP contribution in [0.2, 0.25) is 0 Å². The lowest BCUT2D eigenvalue weighted by atomic mass is 10.2. The van der Waals surface area contributed by atoms with E-state index in [4.69, 9.17) is 9.47 Å². The fraction of sp³-hybridized carbons (Fsp3) is 0.909. The minimum atomic E-state index is 0. The average molecular weight is 267 g/mol. The first-order chi connectivity index (χ1) is 7.74. The minimum absolute atomic E-state index is 0. The maximum Gasteiger partial charge on any atom is 0.248 e. The molecule has 1 aliphatic rings. The van der Waals surface area contributed by atoms with Crippen molar-refractivity contribution in [2.45, 2.75) is 19.9 Å². The minimum Gasteiger partial charge on any atom is -0.379 e. The summed E-state index contributed by atoms with van der Waals surface area (Å²) < 4.78 is 10.4. The smallest absolute Gasteiger partial charge is 0.248 e. The van der Waals surface area contributed by atoms with Crippen LogP contribution in [0.1, 0.15) is 13.8 Å².